The number of benzene rings is 3. The van der Waals surface area contributed by atoms with Gasteiger partial charge in [0.05, 0.1) is 22.9 Å². The van der Waals surface area contributed by atoms with E-state index in [2.05, 4.69) is 4.57 Å². The number of imidazole rings is 1. The van der Waals surface area contributed by atoms with Gasteiger partial charge in [-0.3, -0.25) is 14.9 Å². The van der Waals surface area contributed by atoms with Crippen LogP contribution in [0.2, 0.25) is 0 Å². The number of nitro benzene ring substituents is 1. The second-order valence-electron chi connectivity index (χ2n) is 9.05. The summed E-state index contributed by atoms with van der Waals surface area (Å²) in [5.74, 6) is 1.25. The molecule has 0 bridgehead atoms. The van der Waals surface area contributed by atoms with Crippen LogP contribution in [0.1, 0.15) is 54.2 Å². The fraction of sp³-hybridized carbons (Fsp3) is 0.241. The average Bonchev–Trinajstić information content (AvgIpc) is 3.29. The number of aromatic nitrogens is 2. The normalized spacial score (nSPS) is 14.1. The summed E-state index contributed by atoms with van der Waals surface area (Å²) in [5, 5.41) is 11.2. The first-order valence-corrected chi connectivity index (χ1v) is 12.1. The molecule has 176 valence electrons. The van der Waals surface area contributed by atoms with E-state index in [-0.39, 0.29) is 23.9 Å². The van der Waals surface area contributed by atoms with Gasteiger partial charge in [-0.1, -0.05) is 79.9 Å². The van der Waals surface area contributed by atoms with Gasteiger partial charge in [-0.15, -0.1) is 0 Å². The molecule has 6 nitrogen and oxygen atoms in total. The summed E-state index contributed by atoms with van der Waals surface area (Å²) in [6, 6.07) is 25.9. The highest BCUT2D eigenvalue weighted by Crippen LogP contribution is 2.39. The molecule has 0 atom stereocenters. The van der Waals surface area contributed by atoms with Crippen LogP contribution < -0.4 is 0 Å². The van der Waals surface area contributed by atoms with Crippen molar-refractivity contribution in [3.63, 3.8) is 0 Å². The van der Waals surface area contributed by atoms with Gasteiger partial charge in [0.15, 0.2) is 5.78 Å². The standard InChI is InChI=1S/C29H27N3O3/c33-26(21-10-4-1-5-11-21)20-31-28(23-12-6-2-7-13-23)27(22-16-18-25(19-17-22)32(34)35)30-29(31)24-14-8-3-9-15-24/h1-2,4-7,10-13,16-19,24H,3,8-9,14-15,20H2. The zero-order chi connectivity index (χ0) is 24.2. The third-order valence-corrected chi connectivity index (χ3v) is 6.76. The molecule has 1 saturated carbocycles. The molecule has 35 heavy (non-hydrogen) atoms. The molecule has 0 radical (unpaired) electrons. The Morgan fingerprint density at radius 3 is 2.11 bits per heavy atom. The van der Waals surface area contributed by atoms with E-state index in [1.54, 1.807) is 12.1 Å². The van der Waals surface area contributed by atoms with Crippen LogP contribution in [0.3, 0.4) is 0 Å². The van der Waals surface area contributed by atoms with Crippen LogP contribution >= 0.6 is 0 Å². The molecule has 1 aliphatic rings. The van der Waals surface area contributed by atoms with Crippen molar-refractivity contribution in [2.45, 2.75) is 44.6 Å². The maximum Gasteiger partial charge on any atom is 0.269 e. The fourth-order valence-corrected chi connectivity index (χ4v) is 4.99. The monoisotopic (exact) mass is 465 g/mol. The number of hydrogen-bond donors (Lipinski definition) is 0. The molecule has 1 fully saturated rings. The number of nitro groups is 1. The van der Waals surface area contributed by atoms with Crippen LogP contribution in [0.25, 0.3) is 22.5 Å². The van der Waals surface area contributed by atoms with Gasteiger partial charge in [0.1, 0.15) is 5.82 Å². The minimum Gasteiger partial charge on any atom is -0.319 e. The fourth-order valence-electron chi connectivity index (χ4n) is 4.99. The van der Waals surface area contributed by atoms with Crippen molar-refractivity contribution in [3.05, 3.63) is 106 Å². The van der Waals surface area contributed by atoms with Crippen LogP contribution in [-0.2, 0) is 6.54 Å². The summed E-state index contributed by atoms with van der Waals surface area (Å²) in [6.07, 6.45) is 5.62. The van der Waals surface area contributed by atoms with Gasteiger partial charge in [-0.05, 0) is 25.0 Å². The summed E-state index contributed by atoms with van der Waals surface area (Å²) in [7, 11) is 0. The molecule has 0 saturated heterocycles. The summed E-state index contributed by atoms with van der Waals surface area (Å²) >= 11 is 0. The van der Waals surface area contributed by atoms with Gasteiger partial charge in [0, 0.05) is 34.7 Å². The van der Waals surface area contributed by atoms with Crippen LogP contribution in [0.4, 0.5) is 5.69 Å². The highest BCUT2D eigenvalue weighted by molar-refractivity contribution is 5.96. The molecule has 1 heterocycles. The van der Waals surface area contributed by atoms with Crippen LogP contribution in [0.5, 0.6) is 0 Å². The first-order chi connectivity index (χ1) is 17.1. The second-order valence-corrected chi connectivity index (χ2v) is 9.05. The minimum absolute atomic E-state index is 0.0347. The smallest absolute Gasteiger partial charge is 0.269 e. The van der Waals surface area contributed by atoms with E-state index in [1.165, 1.54) is 18.6 Å². The number of carbonyl (C=O) groups excluding carboxylic acids is 1. The van der Waals surface area contributed by atoms with E-state index >= 15 is 0 Å². The highest BCUT2D eigenvalue weighted by atomic mass is 16.6. The molecule has 1 aromatic heterocycles. The summed E-state index contributed by atoms with van der Waals surface area (Å²) in [5.41, 5.74) is 4.12. The Morgan fingerprint density at radius 2 is 1.49 bits per heavy atom. The Kier molecular flexibility index (Phi) is 6.53. The first kappa shape index (κ1) is 22.7. The van der Waals surface area contributed by atoms with Crippen molar-refractivity contribution in [1.29, 1.82) is 0 Å². The van der Waals surface area contributed by atoms with E-state index in [0.29, 0.717) is 5.56 Å². The molecule has 3 aromatic carbocycles. The van der Waals surface area contributed by atoms with Gasteiger partial charge in [-0.2, -0.15) is 0 Å². The zero-order valence-corrected chi connectivity index (χ0v) is 19.5. The number of ketones is 1. The van der Waals surface area contributed by atoms with Gasteiger partial charge in [-0.25, -0.2) is 4.98 Å². The molecular weight excluding hydrogens is 438 g/mol. The molecular formula is C29H27N3O3. The zero-order valence-electron chi connectivity index (χ0n) is 19.5. The minimum atomic E-state index is -0.396. The van der Waals surface area contributed by atoms with Crippen LogP contribution in [-0.4, -0.2) is 20.3 Å². The molecule has 0 aliphatic heterocycles. The molecule has 0 amide bonds. The summed E-state index contributed by atoms with van der Waals surface area (Å²) < 4.78 is 2.09. The molecule has 0 unspecified atom stereocenters. The number of carbonyl (C=O) groups is 1. The van der Waals surface area contributed by atoms with Gasteiger partial charge >= 0.3 is 0 Å². The Morgan fingerprint density at radius 1 is 0.857 bits per heavy atom. The summed E-state index contributed by atoms with van der Waals surface area (Å²) in [4.78, 5) is 29.3. The number of non-ortho nitro benzene ring substituents is 1. The Bertz CT molecular complexity index is 1320. The van der Waals surface area contributed by atoms with E-state index in [1.807, 2.05) is 60.7 Å². The average molecular weight is 466 g/mol. The Labute approximate surface area is 204 Å². The predicted molar refractivity (Wildman–Crippen MR) is 136 cm³/mol. The Hall–Kier alpha value is -4.06. The lowest BCUT2D eigenvalue weighted by molar-refractivity contribution is -0.384. The quantitative estimate of drug-likeness (QED) is 0.166. The number of hydrogen-bond acceptors (Lipinski definition) is 4. The van der Waals surface area contributed by atoms with Crippen molar-refractivity contribution in [1.82, 2.24) is 9.55 Å². The van der Waals surface area contributed by atoms with Crippen molar-refractivity contribution in [2.24, 2.45) is 0 Å². The highest BCUT2D eigenvalue weighted by Gasteiger charge is 2.28. The van der Waals surface area contributed by atoms with E-state index in [0.717, 1.165) is 54.0 Å². The topological polar surface area (TPSA) is 78.0 Å². The largest absolute Gasteiger partial charge is 0.319 e. The lowest BCUT2D eigenvalue weighted by Crippen LogP contribution is -2.18. The predicted octanol–water partition coefficient (Wildman–Crippen LogP) is 7.06. The van der Waals surface area contributed by atoms with Gasteiger partial charge in [0.2, 0.25) is 0 Å². The maximum absolute atomic E-state index is 13.4. The van der Waals surface area contributed by atoms with E-state index < -0.39 is 4.92 Å². The molecule has 0 spiro atoms. The molecule has 6 heteroatoms. The van der Waals surface area contributed by atoms with Crippen LogP contribution in [0, 0.1) is 10.1 Å². The third-order valence-electron chi connectivity index (χ3n) is 6.76. The van der Waals surface area contributed by atoms with Crippen molar-refractivity contribution in [2.75, 3.05) is 0 Å². The number of nitrogens with zero attached hydrogens (tertiary/aromatic N) is 3. The Balaban J connectivity index is 1.68. The second kappa shape index (κ2) is 10.1. The van der Waals surface area contributed by atoms with E-state index in [9.17, 15) is 14.9 Å². The van der Waals surface area contributed by atoms with Crippen molar-refractivity contribution >= 4 is 11.5 Å². The lowest BCUT2D eigenvalue weighted by Gasteiger charge is -2.23. The summed E-state index contributed by atoms with van der Waals surface area (Å²) in [6.45, 7) is 0.194. The van der Waals surface area contributed by atoms with Gasteiger partial charge in [0.25, 0.3) is 5.69 Å². The molecule has 5 rings (SSSR count). The number of rotatable bonds is 7. The SMILES string of the molecule is O=C(Cn1c(C2CCCCC2)nc(-c2ccc([N+](=O)[O-])cc2)c1-c1ccccc1)c1ccccc1. The molecule has 4 aromatic rings. The first-order valence-electron chi connectivity index (χ1n) is 12.1. The number of Topliss-reactive ketones (excluding diaryl/α,β-unsaturated/α-hetero) is 1. The maximum atomic E-state index is 13.4. The van der Waals surface area contributed by atoms with E-state index in [4.69, 9.17) is 4.98 Å². The lowest BCUT2D eigenvalue weighted by atomic mass is 9.88. The van der Waals surface area contributed by atoms with Gasteiger partial charge < -0.3 is 4.57 Å². The molecule has 0 N–H and O–H groups in total. The molecule has 1 aliphatic carbocycles. The third kappa shape index (κ3) is 4.78. The van der Waals surface area contributed by atoms with Crippen molar-refractivity contribution < 1.29 is 9.72 Å². The van der Waals surface area contributed by atoms with Crippen molar-refractivity contribution in [3.8, 4) is 22.5 Å². The van der Waals surface area contributed by atoms with Crippen LogP contribution in [0.15, 0.2) is 84.9 Å².